The molecular formula is C23H39N7O2+2. The molecule has 176 valence electrons. The van der Waals surface area contributed by atoms with Crippen LogP contribution < -0.4 is 10.3 Å². The molecule has 0 radical (unpaired) electrons. The van der Waals surface area contributed by atoms with Gasteiger partial charge in [-0.15, -0.1) is 0 Å². The van der Waals surface area contributed by atoms with Gasteiger partial charge in [0.15, 0.2) is 11.9 Å². The third-order valence-electron chi connectivity index (χ3n) is 7.81. The maximum Gasteiger partial charge on any atom is 0.408 e. The van der Waals surface area contributed by atoms with Crippen LogP contribution in [0.5, 0.6) is 0 Å². The number of imide groups is 1. The summed E-state index contributed by atoms with van der Waals surface area (Å²) in [5.41, 5.74) is 5.30. The first kappa shape index (κ1) is 23.2. The Kier molecular flexibility index (Phi) is 6.88. The first-order chi connectivity index (χ1) is 15.4. The lowest BCUT2D eigenvalue weighted by Gasteiger charge is -2.51. The van der Waals surface area contributed by atoms with Gasteiger partial charge in [-0.2, -0.15) is 19.8 Å². The molecule has 4 atom stereocenters. The summed E-state index contributed by atoms with van der Waals surface area (Å²) in [5.74, 6) is -0.153. The molecule has 2 N–H and O–H groups in total. The van der Waals surface area contributed by atoms with Crippen molar-refractivity contribution >= 4 is 17.5 Å². The third-order valence-corrected chi connectivity index (χ3v) is 7.81. The molecule has 4 rings (SSSR count). The zero-order valence-electron chi connectivity index (χ0n) is 20.1. The third kappa shape index (κ3) is 3.95. The van der Waals surface area contributed by atoms with E-state index in [1.807, 2.05) is 25.9 Å². The van der Waals surface area contributed by atoms with E-state index in [1.54, 1.807) is 7.05 Å². The molecule has 4 unspecified atom stereocenters. The number of azo groups is 1. The van der Waals surface area contributed by atoms with Crippen molar-refractivity contribution in [1.82, 2.24) is 10.3 Å². The van der Waals surface area contributed by atoms with E-state index in [0.717, 1.165) is 69.3 Å². The van der Waals surface area contributed by atoms with Crippen LogP contribution in [0.1, 0.15) is 58.3 Å². The van der Waals surface area contributed by atoms with Crippen molar-refractivity contribution in [1.29, 1.82) is 0 Å². The fourth-order valence-corrected chi connectivity index (χ4v) is 6.03. The smallest absolute Gasteiger partial charge is 0.306 e. The first-order valence-corrected chi connectivity index (χ1v) is 12.2. The molecule has 0 aromatic heterocycles. The first-order valence-electron chi connectivity index (χ1n) is 12.2. The number of hydrazone groups is 1. The molecule has 9 heteroatoms. The number of carbonyl (C=O) groups excluding carboxylic acids is 2. The number of hydrogen-bond acceptors (Lipinski definition) is 7. The summed E-state index contributed by atoms with van der Waals surface area (Å²) in [4.78, 5) is 30.9. The average Bonchev–Trinajstić information content (AvgIpc) is 2.74. The highest BCUT2D eigenvalue weighted by Gasteiger charge is 2.66. The van der Waals surface area contributed by atoms with E-state index in [2.05, 4.69) is 15.7 Å². The molecule has 32 heavy (non-hydrogen) atoms. The van der Waals surface area contributed by atoms with Gasteiger partial charge in [-0.25, -0.2) is 9.59 Å². The number of nitrogens with one attached hydrogen (secondary N) is 2. The predicted octanol–water partition coefficient (Wildman–Crippen LogP) is 0.843. The van der Waals surface area contributed by atoms with Gasteiger partial charge in [0, 0.05) is 13.1 Å². The highest BCUT2D eigenvalue weighted by atomic mass is 16.2. The Bertz CT molecular complexity index is 843. The number of piperidine rings is 1. The summed E-state index contributed by atoms with van der Waals surface area (Å²) in [5, 5.41) is 13.0. The Morgan fingerprint density at radius 1 is 1.03 bits per heavy atom. The predicted molar refractivity (Wildman–Crippen MR) is 122 cm³/mol. The van der Waals surface area contributed by atoms with E-state index in [-0.39, 0.29) is 34.5 Å². The molecule has 4 aliphatic rings. The van der Waals surface area contributed by atoms with Gasteiger partial charge < -0.3 is 5.43 Å². The van der Waals surface area contributed by atoms with E-state index >= 15 is 0 Å². The van der Waals surface area contributed by atoms with Crippen molar-refractivity contribution in [3.05, 3.63) is 11.3 Å². The van der Waals surface area contributed by atoms with Crippen LogP contribution in [0.3, 0.4) is 0 Å². The zero-order valence-corrected chi connectivity index (χ0v) is 20.1. The average molecular weight is 446 g/mol. The van der Waals surface area contributed by atoms with Crippen molar-refractivity contribution in [2.45, 2.75) is 76.5 Å². The zero-order chi connectivity index (χ0) is 22.9. The van der Waals surface area contributed by atoms with Crippen LogP contribution in [0.15, 0.2) is 26.6 Å². The lowest BCUT2D eigenvalue weighted by molar-refractivity contribution is -0.894. The van der Waals surface area contributed by atoms with Crippen LogP contribution in [0.4, 0.5) is 0 Å². The van der Waals surface area contributed by atoms with Gasteiger partial charge in [-0.05, 0) is 66.0 Å². The second kappa shape index (κ2) is 9.49. The number of rotatable bonds is 5. The Morgan fingerprint density at radius 2 is 1.78 bits per heavy atom. The molecule has 1 aliphatic carbocycles. The van der Waals surface area contributed by atoms with Crippen LogP contribution in [0.2, 0.25) is 0 Å². The highest BCUT2D eigenvalue weighted by molar-refractivity contribution is 6.46. The summed E-state index contributed by atoms with van der Waals surface area (Å²) in [6, 6.07) is 0.386. The molecule has 3 fully saturated rings. The molecule has 9 nitrogen and oxygen atoms in total. The molecule has 2 saturated heterocycles. The maximum absolute atomic E-state index is 13.9. The minimum Gasteiger partial charge on any atom is -0.306 e. The van der Waals surface area contributed by atoms with Crippen molar-refractivity contribution in [3.63, 3.8) is 0 Å². The number of hydrogen-bond donors (Lipinski definition) is 2. The van der Waals surface area contributed by atoms with Gasteiger partial charge in [0.05, 0.1) is 31.1 Å². The molecule has 0 bridgehead atoms. The summed E-state index contributed by atoms with van der Waals surface area (Å²) < 4.78 is -0.124. The minimum atomic E-state index is -0.147. The second-order valence-electron chi connectivity index (χ2n) is 10.0. The monoisotopic (exact) mass is 445 g/mol. The largest absolute Gasteiger partial charge is 0.408 e. The topological polar surface area (TPSA) is 90.9 Å². The van der Waals surface area contributed by atoms with Crippen LogP contribution in [-0.4, -0.2) is 85.9 Å². The van der Waals surface area contributed by atoms with Crippen LogP contribution >= 0.6 is 0 Å². The Hall–Kier alpha value is -1.97. The number of amides is 2. The fraction of sp³-hybridized carbons (Fsp3) is 0.783. The van der Waals surface area contributed by atoms with Gasteiger partial charge in [0.2, 0.25) is 5.70 Å². The van der Waals surface area contributed by atoms with Gasteiger partial charge in [-0.3, -0.25) is 9.80 Å². The molecular weight excluding hydrogens is 406 g/mol. The summed E-state index contributed by atoms with van der Waals surface area (Å²) in [6.07, 6.45) is 8.17. The van der Waals surface area contributed by atoms with Crippen molar-refractivity contribution < 1.29 is 19.0 Å². The van der Waals surface area contributed by atoms with E-state index in [4.69, 9.17) is 5.10 Å². The van der Waals surface area contributed by atoms with Crippen molar-refractivity contribution in [2.24, 2.45) is 15.3 Å². The molecule has 1 spiro atoms. The molecule has 0 aromatic rings. The fourth-order valence-electron chi connectivity index (χ4n) is 6.03. The second-order valence-corrected chi connectivity index (χ2v) is 10.0. The van der Waals surface area contributed by atoms with Crippen molar-refractivity contribution in [3.8, 4) is 0 Å². The van der Waals surface area contributed by atoms with Gasteiger partial charge in [-0.1, -0.05) is 0 Å². The number of nitrogens with zero attached hydrogens (tertiary/aromatic N) is 5. The molecule has 1 saturated carbocycles. The number of carbonyl (C=O) groups is 2. The number of quaternary nitrogens is 2. The SMILES string of the molecule is CN=NC1CCCC(NN=C2C(=O)[N+]3(CCC3N(C)C)C(=O)C([NH+]3CCCCC3)=C2C)C1. The highest BCUT2D eigenvalue weighted by Crippen LogP contribution is 2.37. The number of likely N-dealkylation sites (tertiary alicyclic amines) is 1. The van der Waals surface area contributed by atoms with E-state index in [9.17, 15) is 9.59 Å². The standard InChI is InChI=1S/C23H37N7O2/c1-16-20(27-26-18-10-8-9-17(15-18)25-24-2)22(31)30(14-11-19(30)28(3)4)23(32)21(16)29-12-6-5-7-13-29/h17-19H,5-15H2,1-4H3/p+2. The molecule has 0 aromatic carbocycles. The lowest BCUT2D eigenvalue weighted by Crippen LogP contribution is -3.13. The van der Waals surface area contributed by atoms with E-state index in [1.165, 1.54) is 11.3 Å². The van der Waals surface area contributed by atoms with Crippen LogP contribution in [0.25, 0.3) is 0 Å². The Balaban J connectivity index is 1.67. The van der Waals surface area contributed by atoms with Crippen LogP contribution in [-0.2, 0) is 9.59 Å². The molecule has 3 heterocycles. The van der Waals surface area contributed by atoms with Crippen molar-refractivity contribution in [2.75, 3.05) is 40.8 Å². The quantitative estimate of drug-likeness (QED) is 0.284. The summed E-state index contributed by atoms with van der Waals surface area (Å²) in [7, 11) is 5.63. The lowest BCUT2D eigenvalue weighted by atomic mass is 9.90. The van der Waals surface area contributed by atoms with Gasteiger partial charge in [0.25, 0.3) is 0 Å². The van der Waals surface area contributed by atoms with Gasteiger partial charge in [0.1, 0.15) is 6.54 Å². The van der Waals surface area contributed by atoms with E-state index < -0.39 is 0 Å². The minimum absolute atomic E-state index is 0.00520. The summed E-state index contributed by atoms with van der Waals surface area (Å²) in [6.45, 7) is 4.38. The Labute approximate surface area is 191 Å². The molecule has 3 aliphatic heterocycles. The maximum atomic E-state index is 13.9. The molecule has 2 amide bonds. The van der Waals surface area contributed by atoms with Gasteiger partial charge >= 0.3 is 11.8 Å². The Morgan fingerprint density at radius 3 is 2.41 bits per heavy atom. The summed E-state index contributed by atoms with van der Waals surface area (Å²) >= 11 is 0. The van der Waals surface area contributed by atoms with E-state index in [0.29, 0.717) is 12.3 Å². The van der Waals surface area contributed by atoms with Crippen LogP contribution in [0, 0.1) is 0 Å². The normalized spacial score (nSPS) is 35.9.